The van der Waals surface area contributed by atoms with Crippen LogP contribution in [-0.2, 0) is 9.53 Å². The van der Waals surface area contributed by atoms with Crippen molar-refractivity contribution < 1.29 is 39.4 Å². The monoisotopic (exact) mass is 659 g/mol. The number of carbonyl (C=O) groups is 1. The molecule has 0 aliphatic rings. The standard InChI is InChI=1S/C37H45N3O8/c1-6-8-10-29(41)32(44)20-47-25-11-13-27(30(42)18-25)35-38-36(40-37(39-35)34-23(4)16-22(3)17-24(34)5)28-14-12-26(19-31(28)43)48-21-33(45)46-15-9-7-2/h11-14,16-19,29,33,41-43,45H,6-10,15,20-21H2,1-5H3. The molecule has 0 spiro atoms. The van der Waals surface area contributed by atoms with Crippen molar-refractivity contribution >= 4 is 5.78 Å². The van der Waals surface area contributed by atoms with Gasteiger partial charge in [-0.05, 0) is 69.0 Å². The second kappa shape index (κ2) is 17.0. The van der Waals surface area contributed by atoms with E-state index >= 15 is 0 Å². The SMILES string of the molecule is CCCCOC(O)COc1ccc(-c2nc(-c3ccc(OCC(=O)C(O)CCCC)cc3O)nc(-c3c(C)cc(C)cc3C)n2)c(O)c1. The van der Waals surface area contributed by atoms with Gasteiger partial charge in [-0.3, -0.25) is 4.79 Å². The van der Waals surface area contributed by atoms with Crippen molar-refractivity contribution in [3.63, 3.8) is 0 Å². The predicted octanol–water partition coefficient (Wildman–Crippen LogP) is 6.22. The number of nitrogens with zero attached hydrogens (tertiary/aromatic N) is 3. The Morgan fingerprint density at radius 2 is 1.29 bits per heavy atom. The number of Topliss-reactive ketones (excluding diaryl/α,β-unsaturated/α-hetero) is 1. The lowest BCUT2D eigenvalue weighted by Crippen LogP contribution is -2.26. The fourth-order valence-electron chi connectivity index (χ4n) is 5.23. The maximum atomic E-state index is 12.3. The van der Waals surface area contributed by atoms with Crippen LogP contribution in [0, 0.1) is 20.8 Å². The molecule has 48 heavy (non-hydrogen) atoms. The van der Waals surface area contributed by atoms with Gasteiger partial charge in [0.15, 0.2) is 29.5 Å². The van der Waals surface area contributed by atoms with Crippen molar-refractivity contribution in [2.45, 2.75) is 79.1 Å². The number of benzene rings is 3. The molecule has 0 saturated carbocycles. The molecule has 0 saturated heterocycles. The number of phenols is 2. The zero-order valence-electron chi connectivity index (χ0n) is 28.2. The van der Waals surface area contributed by atoms with E-state index in [1.165, 1.54) is 12.1 Å². The van der Waals surface area contributed by atoms with Crippen LogP contribution in [0.2, 0.25) is 0 Å². The molecule has 4 rings (SSSR count). The summed E-state index contributed by atoms with van der Waals surface area (Å²) in [5.41, 5.74) is 4.35. The maximum absolute atomic E-state index is 12.3. The van der Waals surface area contributed by atoms with Crippen molar-refractivity contribution in [1.29, 1.82) is 0 Å². The molecule has 2 atom stereocenters. The molecular weight excluding hydrogens is 614 g/mol. The predicted molar refractivity (Wildman–Crippen MR) is 182 cm³/mol. The van der Waals surface area contributed by atoms with Crippen LogP contribution in [0.3, 0.4) is 0 Å². The lowest BCUT2D eigenvalue weighted by atomic mass is 9.99. The Kier molecular flexibility index (Phi) is 12.8. The minimum absolute atomic E-state index is 0.110. The van der Waals surface area contributed by atoms with Crippen LogP contribution in [0.5, 0.6) is 23.0 Å². The highest BCUT2D eigenvalue weighted by atomic mass is 16.6. The molecule has 0 aliphatic heterocycles. The molecule has 11 nitrogen and oxygen atoms in total. The summed E-state index contributed by atoms with van der Waals surface area (Å²) in [6.07, 6.45) is 1.54. The smallest absolute Gasteiger partial charge is 0.198 e. The highest BCUT2D eigenvalue weighted by Crippen LogP contribution is 2.36. The molecule has 0 fully saturated rings. The first-order valence-electron chi connectivity index (χ1n) is 16.3. The number of unbranched alkanes of at least 4 members (excludes halogenated alkanes) is 2. The van der Waals surface area contributed by atoms with Crippen LogP contribution in [0.1, 0.15) is 62.6 Å². The number of hydrogen-bond acceptors (Lipinski definition) is 11. The maximum Gasteiger partial charge on any atom is 0.198 e. The molecule has 0 bridgehead atoms. The zero-order valence-corrected chi connectivity index (χ0v) is 28.2. The summed E-state index contributed by atoms with van der Waals surface area (Å²) >= 11 is 0. The van der Waals surface area contributed by atoms with Crippen LogP contribution in [0.15, 0.2) is 48.5 Å². The summed E-state index contributed by atoms with van der Waals surface area (Å²) in [5.74, 6) is 0.427. The summed E-state index contributed by atoms with van der Waals surface area (Å²) < 4.78 is 16.5. The van der Waals surface area contributed by atoms with Crippen LogP contribution >= 0.6 is 0 Å². The Morgan fingerprint density at radius 3 is 1.83 bits per heavy atom. The van der Waals surface area contributed by atoms with E-state index < -0.39 is 18.2 Å². The van der Waals surface area contributed by atoms with Gasteiger partial charge in [0.2, 0.25) is 0 Å². The van der Waals surface area contributed by atoms with Gasteiger partial charge < -0.3 is 34.6 Å². The molecule has 3 aromatic carbocycles. The number of aromatic hydroxyl groups is 2. The van der Waals surface area contributed by atoms with Crippen molar-refractivity contribution in [2.75, 3.05) is 19.8 Å². The van der Waals surface area contributed by atoms with Crippen LogP contribution in [0.4, 0.5) is 0 Å². The van der Waals surface area contributed by atoms with Crippen LogP contribution in [-0.4, -0.2) is 73.4 Å². The summed E-state index contributed by atoms with van der Waals surface area (Å²) in [6, 6.07) is 13.2. The number of hydrogen-bond donors (Lipinski definition) is 4. The first-order chi connectivity index (χ1) is 23.0. The Labute approximate surface area is 281 Å². The summed E-state index contributed by atoms with van der Waals surface area (Å²) in [5, 5.41) is 42.2. The molecule has 11 heteroatoms. The minimum Gasteiger partial charge on any atom is -0.507 e. The van der Waals surface area contributed by atoms with Gasteiger partial charge in [0.25, 0.3) is 0 Å². The summed E-state index contributed by atoms with van der Waals surface area (Å²) in [6.45, 7) is 9.92. The molecule has 0 aliphatic carbocycles. The molecule has 0 radical (unpaired) electrons. The third kappa shape index (κ3) is 9.50. The van der Waals surface area contributed by atoms with Crippen LogP contribution in [0.25, 0.3) is 34.2 Å². The third-order valence-corrected chi connectivity index (χ3v) is 7.74. The van der Waals surface area contributed by atoms with Crippen molar-refractivity contribution in [3.05, 3.63) is 65.2 Å². The van der Waals surface area contributed by atoms with E-state index in [2.05, 4.69) is 4.98 Å². The topological polar surface area (TPSA) is 164 Å². The molecule has 256 valence electrons. The number of aromatic nitrogens is 3. The molecule has 2 unspecified atom stereocenters. The quantitative estimate of drug-likeness (QED) is 0.0751. The molecule has 1 heterocycles. The Hall–Kier alpha value is -4.58. The van der Waals surface area contributed by atoms with Crippen molar-refractivity contribution in [2.24, 2.45) is 0 Å². The normalized spacial score (nSPS) is 12.5. The Balaban J connectivity index is 1.67. The minimum atomic E-state index is -1.10. The van der Waals surface area contributed by atoms with Crippen LogP contribution < -0.4 is 9.47 Å². The van der Waals surface area contributed by atoms with Gasteiger partial charge >= 0.3 is 0 Å². The second-order valence-electron chi connectivity index (χ2n) is 11.8. The van der Waals surface area contributed by atoms with Gasteiger partial charge in [-0.15, -0.1) is 0 Å². The first-order valence-corrected chi connectivity index (χ1v) is 16.3. The molecule has 4 aromatic rings. The molecular formula is C37H45N3O8. The largest absolute Gasteiger partial charge is 0.507 e. The van der Waals surface area contributed by atoms with Gasteiger partial charge in [0.05, 0.1) is 11.1 Å². The van der Waals surface area contributed by atoms with Gasteiger partial charge in [0, 0.05) is 24.3 Å². The van der Waals surface area contributed by atoms with Crippen molar-refractivity contribution in [1.82, 2.24) is 15.0 Å². The number of rotatable bonds is 17. The number of ketones is 1. The van der Waals surface area contributed by atoms with E-state index in [0.717, 1.165) is 47.9 Å². The highest BCUT2D eigenvalue weighted by Gasteiger charge is 2.20. The fraction of sp³-hybridized carbons (Fsp3) is 0.405. The lowest BCUT2D eigenvalue weighted by Gasteiger charge is -2.15. The van der Waals surface area contributed by atoms with Gasteiger partial charge in [-0.25, -0.2) is 15.0 Å². The lowest BCUT2D eigenvalue weighted by molar-refractivity contribution is -0.129. The Bertz CT molecular complexity index is 1690. The van der Waals surface area contributed by atoms with E-state index in [-0.39, 0.29) is 47.7 Å². The highest BCUT2D eigenvalue weighted by molar-refractivity contribution is 5.84. The van der Waals surface area contributed by atoms with E-state index in [0.29, 0.717) is 30.2 Å². The number of aliphatic hydroxyl groups is 2. The number of phenolic OH excluding ortho intramolecular Hbond substituents is 2. The van der Waals surface area contributed by atoms with E-state index in [9.17, 15) is 25.2 Å². The van der Waals surface area contributed by atoms with E-state index in [1.54, 1.807) is 24.3 Å². The van der Waals surface area contributed by atoms with Gasteiger partial charge in [-0.1, -0.05) is 50.8 Å². The second-order valence-corrected chi connectivity index (χ2v) is 11.8. The number of aliphatic hydroxyl groups excluding tert-OH is 2. The first kappa shape index (κ1) is 36.3. The number of aryl methyl sites for hydroxylation is 3. The Morgan fingerprint density at radius 1 is 0.750 bits per heavy atom. The van der Waals surface area contributed by atoms with E-state index in [4.69, 9.17) is 24.2 Å². The fourth-order valence-corrected chi connectivity index (χ4v) is 5.23. The zero-order chi connectivity index (χ0) is 34.8. The van der Waals surface area contributed by atoms with Crippen molar-refractivity contribution in [3.8, 4) is 57.2 Å². The average molecular weight is 660 g/mol. The number of ether oxygens (including phenoxy) is 3. The summed E-state index contributed by atoms with van der Waals surface area (Å²) in [7, 11) is 0. The molecule has 4 N–H and O–H groups in total. The van der Waals surface area contributed by atoms with Gasteiger partial charge in [-0.2, -0.15) is 0 Å². The average Bonchev–Trinajstić information content (AvgIpc) is 3.04. The summed E-state index contributed by atoms with van der Waals surface area (Å²) in [4.78, 5) is 26.4. The van der Waals surface area contributed by atoms with E-state index in [1.807, 2.05) is 46.8 Å². The van der Waals surface area contributed by atoms with Gasteiger partial charge in [0.1, 0.15) is 42.3 Å². The molecule has 0 amide bonds. The molecule has 1 aromatic heterocycles. The number of carbonyl (C=O) groups excluding carboxylic acids is 1. The third-order valence-electron chi connectivity index (χ3n) is 7.74.